The van der Waals surface area contributed by atoms with Gasteiger partial charge in [0.25, 0.3) is 0 Å². The Kier molecular flexibility index (Phi) is 5.64. The van der Waals surface area contributed by atoms with Gasteiger partial charge in [-0.05, 0) is 49.9 Å². The molecule has 0 aromatic heterocycles. The molecule has 2 rings (SSSR count). The van der Waals surface area contributed by atoms with E-state index in [1.54, 1.807) is 0 Å². The first-order valence-corrected chi connectivity index (χ1v) is 8.51. The van der Waals surface area contributed by atoms with Gasteiger partial charge in [0, 0.05) is 25.4 Å². The Balaban J connectivity index is 1.90. The molecule has 2 fully saturated rings. The number of rotatable bonds is 4. The third-order valence-electron chi connectivity index (χ3n) is 4.21. The summed E-state index contributed by atoms with van der Waals surface area (Å²) in [5, 5.41) is 3.63. The van der Waals surface area contributed by atoms with Gasteiger partial charge in [0.1, 0.15) is 0 Å². The lowest BCUT2D eigenvalue weighted by atomic mass is 9.76. The molecule has 3 heteroatoms. The average Bonchev–Trinajstić information content (AvgIpc) is 2.59. The maximum absolute atomic E-state index is 3.63. The zero-order valence-corrected chi connectivity index (χ0v) is 12.2. The van der Waals surface area contributed by atoms with Crippen LogP contribution in [0.5, 0.6) is 0 Å². The van der Waals surface area contributed by atoms with Crippen molar-refractivity contribution in [2.24, 2.45) is 5.41 Å². The summed E-state index contributed by atoms with van der Waals surface area (Å²) in [5.74, 6) is 2.71. The molecule has 2 nitrogen and oxygen atoms in total. The highest BCUT2D eigenvalue weighted by atomic mass is 32.2. The molecule has 0 aliphatic carbocycles. The molecule has 0 amide bonds. The second kappa shape index (κ2) is 7.01. The fraction of sp³-hybridized carbons (Fsp3) is 1.00. The predicted octanol–water partition coefficient (Wildman–Crippen LogP) is 2.60. The quantitative estimate of drug-likeness (QED) is 0.832. The highest BCUT2D eigenvalue weighted by Crippen LogP contribution is 2.33. The third kappa shape index (κ3) is 4.15. The normalized spacial score (nSPS) is 32.3. The van der Waals surface area contributed by atoms with Crippen LogP contribution in [0.1, 0.15) is 39.0 Å². The standard InChI is InChI=1S/C14H28N2S/c1-2-5-14(6-3-7-15-12-14)13-16-8-4-10-17-11-9-16/h15H,2-13H2,1H3. The number of nitrogens with zero attached hydrogens (tertiary/aromatic N) is 1. The topological polar surface area (TPSA) is 15.3 Å². The monoisotopic (exact) mass is 256 g/mol. The van der Waals surface area contributed by atoms with Crippen molar-refractivity contribution < 1.29 is 0 Å². The molecule has 0 radical (unpaired) electrons. The largest absolute Gasteiger partial charge is 0.316 e. The number of hydrogen-bond donors (Lipinski definition) is 1. The van der Waals surface area contributed by atoms with Crippen molar-refractivity contribution in [1.29, 1.82) is 0 Å². The van der Waals surface area contributed by atoms with Gasteiger partial charge < -0.3 is 10.2 Å². The van der Waals surface area contributed by atoms with Gasteiger partial charge in [-0.25, -0.2) is 0 Å². The van der Waals surface area contributed by atoms with Crippen LogP contribution in [0.15, 0.2) is 0 Å². The molecule has 100 valence electrons. The molecule has 17 heavy (non-hydrogen) atoms. The summed E-state index contributed by atoms with van der Waals surface area (Å²) in [5.41, 5.74) is 0.585. The minimum atomic E-state index is 0.585. The van der Waals surface area contributed by atoms with E-state index in [0.717, 1.165) is 0 Å². The van der Waals surface area contributed by atoms with E-state index >= 15 is 0 Å². The first-order chi connectivity index (χ1) is 8.35. The molecule has 2 saturated heterocycles. The number of piperidine rings is 1. The van der Waals surface area contributed by atoms with Crippen LogP contribution in [0.2, 0.25) is 0 Å². The molecule has 1 atom stereocenters. The SMILES string of the molecule is CCCC1(CN2CCCSCC2)CCCNC1. The maximum Gasteiger partial charge on any atom is 0.00726 e. The molecule has 0 bridgehead atoms. The van der Waals surface area contributed by atoms with Crippen LogP contribution in [-0.2, 0) is 0 Å². The van der Waals surface area contributed by atoms with Gasteiger partial charge >= 0.3 is 0 Å². The van der Waals surface area contributed by atoms with E-state index in [0.29, 0.717) is 5.41 Å². The second-order valence-corrected chi connectivity index (χ2v) is 7.00. The van der Waals surface area contributed by atoms with Crippen molar-refractivity contribution in [1.82, 2.24) is 10.2 Å². The molecule has 0 saturated carbocycles. The molecule has 0 aromatic rings. The van der Waals surface area contributed by atoms with Gasteiger partial charge in [-0.3, -0.25) is 0 Å². The van der Waals surface area contributed by atoms with Crippen molar-refractivity contribution in [3.8, 4) is 0 Å². The van der Waals surface area contributed by atoms with Crippen LogP contribution in [-0.4, -0.2) is 49.1 Å². The highest BCUT2D eigenvalue weighted by Gasteiger charge is 2.33. The van der Waals surface area contributed by atoms with Gasteiger partial charge in [0.15, 0.2) is 0 Å². The lowest BCUT2D eigenvalue weighted by Crippen LogP contribution is -2.48. The van der Waals surface area contributed by atoms with E-state index in [1.165, 1.54) is 76.3 Å². The van der Waals surface area contributed by atoms with Crippen molar-refractivity contribution >= 4 is 11.8 Å². The molecule has 0 aromatic carbocycles. The zero-order chi connectivity index (χ0) is 12.0. The fourth-order valence-electron chi connectivity index (χ4n) is 3.42. The Morgan fingerprint density at radius 3 is 2.94 bits per heavy atom. The van der Waals surface area contributed by atoms with Crippen LogP contribution in [0.3, 0.4) is 0 Å². The molecule has 2 aliphatic rings. The van der Waals surface area contributed by atoms with Gasteiger partial charge in [-0.1, -0.05) is 13.3 Å². The van der Waals surface area contributed by atoms with Crippen LogP contribution in [0.4, 0.5) is 0 Å². The number of nitrogens with one attached hydrogen (secondary N) is 1. The van der Waals surface area contributed by atoms with Gasteiger partial charge in [-0.15, -0.1) is 0 Å². The average molecular weight is 256 g/mol. The summed E-state index contributed by atoms with van der Waals surface area (Å²) in [6.07, 6.45) is 6.95. The van der Waals surface area contributed by atoms with E-state index in [-0.39, 0.29) is 0 Å². The smallest absolute Gasteiger partial charge is 0.00726 e. The van der Waals surface area contributed by atoms with Gasteiger partial charge in [-0.2, -0.15) is 11.8 Å². The minimum Gasteiger partial charge on any atom is -0.316 e. The molecule has 0 spiro atoms. The second-order valence-electron chi connectivity index (χ2n) is 5.77. The van der Waals surface area contributed by atoms with Crippen LogP contribution >= 0.6 is 11.8 Å². The lowest BCUT2D eigenvalue weighted by molar-refractivity contribution is 0.111. The summed E-state index contributed by atoms with van der Waals surface area (Å²) in [4.78, 5) is 2.74. The summed E-state index contributed by atoms with van der Waals surface area (Å²) in [6.45, 7) is 8.82. The predicted molar refractivity (Wildman–Crippen MR) is 77.8 cm³/mol. The van der Waals surface area contributed by atoms with Crippen LogP contribution in [0.25, 0.3) is 0 Å². The zero-order valence-electron chi connectivity index (χ0n) is 11.3. The molecule has 2 aliphatic heterocycles. The van der Waals surface area contributed by atoms with Crippen molar-refractivity contribution in [2.75, 3.05) is 44.2 Å². The first-order valence-electron chi connectivity index (χ1n) is 7.35. The van der Waals surface area contributed by atoms with Gasteiger partial charge in [0.05, 0.1) is 0 Å². The molecule has 2 heterocycles. The maximum atomic E-state index is 3.63. The van der Waals surface area contributed by atoms with E-state index in [1.807, 2.05) is 0 Å². The summed E-state index contributed by atoms with van der Waals surface area (Å²) >= 11 is 2.14. The van der Waals surface area contributed by atoms with Crippen molar-refractivity contribution in [3.63, 3.8) is 0 Å². The lowest BCUT2D eigenvalue weighted by Gasteiger charge is -2.41. The number of hydrogen-bond acceptors (Lipinski definition) is 3. The van der Waals surface area contributed by atoms with Crippen LogP contribution in [0, 0.1) is 5.41 Å². The first kappa shape index (κ1) is 13.7. The Morgan fingerprint density at radius 1 is 1.24 bits per heavy atom. The van der Waals surface area contributed by atoms with E-state index in [9.17, 15) is 0 Å². The Hall–Kier alpha value is 0.270. The van der Waals surface area contributed by atoms with Crippen molar-refractivity contribution in [2.45, 2.75) is 39.0 Å². The molecular weight excluding hydrogens is 228 g/mol. The summed E-state index contributed by atoms with van der Waals surface area (Å²) in [6, 6.07) is 0. The fourth-order valence-corrected chi connectivity index (χ4v) is 4.34. The highest BCUT2D eigenvalue weighted by molar-refractivity contribution is 7.99. The Bertz CT molecular complexity index is 201. The summed E-state index contributed by atoms with van der Waals surface area (Å²) < 4.78 is 0. The van der Waals surface area contributed by atoms with E-state index < -0.39 is 0 Å². The molecule has 1 N–H and O–H groups in total. The number of thioether (sulfide) groups is 1. The molecular formula is C14H28N2S. The van der Waals surface area contributed by atoms with Crippen molar-refractivity contribution in [3.05, 3.63) is 0 Å². The summed E-state index contributed by atoms with van der Waals surface area (Å²) in [7, 11) is 0. The molecule has 1 unspecified atom stereocenters. The van der Waals surface area contributed by atoms with Crippen LogP contribution < -0.4 is 5.32 Å². The Labute approximate surface area is 111 Å². The van der Waals surface area contributed by atoms with Gasteiger partial charge in [0.2, 0.25) is 0 Å². The van der Waals surface area contributed by atoms with E-state index in [4.69, 9.17) is 0 Å². The Morgan fingerprint density at radius 2 is 2.18 bits per heavy atom. The van der Waals surface area contributed by atoms with E-state index in [2.05, 4.69) is 28.9 Å². The third-order valence-corrected chi connectivity index (χ3v) is 5.26. The minimum absolute atomic E-state index is 0.585.